The zero-order valence-corrected chi connectivity index (χ0v) is 31.2. The molecule has 276 valence electrons. The van der Waals surface area contributed by atoms with Gasteiger partial charge in [-0.2, -0.15) is 0 Å². The normalized spacial score (nSPS) is 43.1. The minimum Gasteiger partial charge on any atom is -0.481 e. The summed E-state index contributed by atoms with van der Waals surface area (Å²) in [6.07, 6.45) is 8.62. The van der Waals surface area contributed by atoms with Crippen LogP contribution in [0.4, 0.5) is 0 Å². The molecule has 5 aliphatic rings. The molecule has 0 spiro atoms. The third-order valence-corrected chi connectivity index (χ3v) is 15.2. The number of carbonyl (C=O) groups excluding carboxylic acids is 2. The number of carbonyl (C=O) groups is 3. The maximum absolute atomic E-state index is 14.9. The molecule has 1 heterocycles. The molecule has 0 radical (unpaired) electrons. The Labute approximate surface area is 294 Å². The van der Waals surface area contributed by atoms with E-state index in [1.807, 2.05) is 13.0 Å². The summed E-state index contributed by atoms with van der Waals surface area (Å²) in [6, 6.07) is 0. The summed E-state index contributed by atoms with van der Waals surface area (Å²) in [7, 11) is 1.47. The largest absolute Gasteiger partial charge is 0.519 e. The number of rotatable bonds is 8. The summed E-state index contributed by atoms with van der Waals surface area (Å²) in [5, 5.41) is 10.3. The van der Waals surface area contributed by atoms with E-state index in [1.165, 1.54) is 13.5 Å². The van der Waals surface area contributed by atoms with E-state index in [-0.39, 0.29) is 46.7 Å². The topological polar surface area (TPSA) is 155 Å². The third kappa shape index (κ3) is 5.18. The fraction of sp³-hybridized carbons (Fsp3) is 0.769. The lowest BCUT2D eigenvalue weighted by Gasteiger charge is -2.71. The van der Waals surface area contributed by atoms with Crippen LogP contribution in [-0.4, -0.2) is 54.1 Å². The SMILES string of the molecule is CO[C@@H](C)C(=O)O[C@H]1CC[C@]2(C)[C@H]3C(=O)C=C4[C@@H]5C[C@@](C)(C(=O)O)CC[C@]5(C)CC[C@@]4(C)[C@]3(C)CC[C@@]2(N=COCc2oc(=O)oc2C)[C@H]1C. The van der Waals surface area contributed by atoms with E-state index in [0.29, 0.717) is 44.3 Å². The van der Waals surface area contributed by atoms with Crippen LogP contribution in [0.1, 0.15) is 118 Å². The Hall–Kier alpha value is -3.21. The molecular weight excluding hydrogens is 642 g/mol. The minimum atomic E-state index is -0.824. The van der Waals surface area contributed by atoms with Crippen LogP contribution >= 0.6 is 0 Å². The standard InChI is InChI=1S/C39H55NO10/c1-22-28(49-31(42)24(3)46-9)10-11-38(8)30-27(41)18-25-26-19-35(5,32(43)44)13-12-34(26,4)14-15-36(25,6)37(30,7)16-17-39(22,38)40-21-47-20-29-23(2)48-33(45)50-29/h18,21-22,24,26,28,30H,10-17,19-20H2,1-9H3,(H,43,44)/t22-,24-,26-,28-,30-,34+,35-,36+,37+,38+,39+/m0/s1. The van der Waals surface area contributed by atoms with Crippen LogP contribution in [0.25, 0.3) is 0 Å². The highest BCUT2D eigenvalue weighted by Gasteiger charge is 2.73. The maximum Gasteiger partial charge on any atom is 0.519 e. The van der Waals surface area contributed by atoms with Crippen LogP contribution in [0.3, 0.4) is 0 Å². The zero-order valence-electron chi connectivity index (χ0n) is 31.2. The highest BCUT2D eigenvalue weighted by atomic mass is 16.6. The molecule has 50 heavy (non-hydrogen) atoms. The van der Waals surface area contributed by atoms with Crippen LogP contribution in [0.5, 0.6) is 0 Å². The molecule has 0 bridgehead atoms. The van der Waals surface area contributed by atoms with Crippen molar-refractivity contribution in [1.82, 2.24) is 0 Å². The first-order valence-corrected chi connectivity index (χ1v) is 18.3. The number of hydrogen-bond donors (Lipinski definition) is 1. The molecule has 0 aromatic carbocycles. The number of nitrogens with zero attached hydrogens (tertiary/aromatic N) is 1. The van der Waals surface area contributed by atoms with Gasteiger partial charge in [-0.1, -0.05) is 40.2 Å². The molecule has 4 fully saturated rings. The van der Waals surface area contributed by atoms with Gasteiger partial charge in [0.25, 0.3) is 0 Å². The van der Waals surface area contributed by atoms with Gasteiger partial charge in [0.05, 0.1) is 11.0 Å². The van der Waals surface area contributed by atoms with Crippen LogP contribution in [0.2, 0.25) is 0 Å². The van der Waals surface area contributed by atoms with Crippen molar-refractivity contribution >= 4 is 24.1 Å². The molecular formula is C39H55NO10. The molecule has 5 aliphatic carbocycles. The summed E-state index contributed by atoms with van der Waals surface area (Å²) in [6.45, 7) is 16.3. The van der Waals surface area contributed by atoms with Crippen molar-refractivity contribution in [1.29, 1.82) is 0 Å². The molecule has 0 aliphatic heterocycles. The van der Waals surface area contributed by atoms with Gasteiger partial charge in [0.2, 0.25) is 0 Å². The zero-order chi connectivity index (χ0) is 36.7. The highest BCUT2D eigenvalue weighted by Crippen LogP contribution is 2.75. The average Bonchev–Trinajstić information content (AvgIpc) is 3.38. The number of esters is 1. The monoisotopic (exact) mass is 697 g/mol. The predicted octanol–water partition coefficient (Wildman–Crippen LogP) is 6.83. The number of allylic oxidation sites excluding steroid dienone is 2. The first-order chi connectivity index (χ1) is 23.3. The van der Waals surface area contributed by atoms with E-state index >= 15 is 0 Å². The van der Waals surface area contributed by atoms with E-state index < -0.39 is 51.8 Å². The van der Waals surface area contributed by atoms with Gasteiger partial charge in [-0.3, -0.25) is 14.6 Å². The van der Waals surface area contributed by atoms with Gasteiger partial charge in [0.15, 0.2) is 36.4 Å². The Morgan fingerprint density at radius 1 is 1.02 bits per heavy atom. The summed E-state index contributed by atoms with van der Waals surface area (Å²) in [5.41, 5.74) is -1.89. The van der Waals surface area contributed by atoms with Crippen molar-refractivity contribution in [3.8, 4) is 0 Å². The molecule has 0 saturated heterocycles. The Kier molecular flexibility index (Phi) is 8.92. The predicted molar refractivity (Wildman–Crippen MR) is 183 cm³/mol. The number of ether oxygens (including phenoxy) is 3. The van der Waals surface area contributed by atoms with Gasteiger partial charge in [0.1, 0.15) is 6.10 Å². The van der Waals surface area contributed by atoms with Crippen molar-refractivity contribution in [2.45, 2.75) is 138 Å². The second-order valence-electron chi connectivity index (χ2n) is 17.5. The first-order valence-electron chi connectivity index (χ1n) is 18.3. The first kappa shape index (κ1) is 36.6. The average molecular weight is 698 g/mol. The van der Waals surface area contributed by atoms with Crippen LogP contribution in [0, 0.1) is 51.8 Å². The van der Waals surface area contributed by atoms with E-state index in [0.717, 1.165) is 24.8 Å². The molecule has 11 heteroatoms. The molecule has 1 aromatic rings. The second kappa shape index (κ2) is 12.2. The van der Waals surface area contributed by atoms with E-state index in [2.05, 4.69) is 34.6 Å². The fourth-order valence-electron chi connectivity index (χ4n) is 11.4. The lowest BCUT2D eigenvalue weighted by molar-refractivity contribution is -0.202. The number of carboxylic acid groups (broad SMARTS) is 1. The lowest BCUT2D eigenvalue weighted by atomic mass is 9.33. The van der Waals surface area contributed by atoms with Crippen molar-refractivity contribution in [2.75, 3.05) is 7.11 Å². The highest BCUT2D eigenvalue weighted by molar-refractivity contribution is 5.96. The van der Waals surface area contributed by atoms with Crippen LogP contribution < -0.4 is 5.82 Å². The fourth-order valence-corrected chi connectivity index (χ4v) is 11.4. The summed E-state index contributed by atoms with van der Waals surface area (Å²) in [4.78, 5) is 57.2. The van der Waals surface area contributed by atoms with Gasteiger partial charge in [-0.25, -0.2) is 9.59 Å². The molecule has 11 atom stereocenters. The number of aliphatic carboxylic acids is 1. The van der Waals surface area contributed by atoms with Crippen molar-refractivity contribution in [3.05, 3.63) is 33.8 Å². The molecule has 1 aromatic heterocycles. The summed E-state index contributed by atoms with van der Waals surface area (Å²) in [5.74, 6) is -1.92. The number of fused-ring (bicyclic) bond motifs is 7. The number of aliphatic imine (C=N–C) groups is 1. The summed E-state index contributed by atoms with van der Waals surface area (Å²) < 4.78 is 27.3. The Balaban J connectivity index is 1.41. The smallest absolute Gasteiger partial charge is 0.481 e. The molecule has 11 nitrogen and oxygen atoms in total. The van der Waals surface area contributed by atoms with Crippen molar-refractivity contribution in [3.63, 3.8) is 0 Å². The molecule has 6 rings (SSSR count). The number of carboxylic acids is 1. The van der Waals surface area contributed by atoms with Gasteiger partial charge < -0.3 is 28.2 Å². The second-order valence-corrected chi connectivity index (χ2v) is 17.5. The number of aryl methyl sites for hydroxylation is 1. The number of hydrogen-bond acceptors (Lipinski definition) is 10. The van der Waals surface area contributed by atoms with Gasteiger partial charge >= 0.3 is 17.8 Å². The van der Waals surface area contributed by atoms with E-state index in [4.69, 9.17) is 28.0 Å². The molecule has 1 N–H and O–H groups in total. The van der Waals surface area contributed by atoms with Crippen LogP contribution in [0.15, 0.2) is 30.3 Å². The third-order valence-electron chi connectivity index (χ3n) is 15.2. The van der Waals surface area contributed by atoms with Crippen molar-refractivity contribution < 1.29 is 42.5 Å². The maximum atomic E-state index is 14.9. The molecule has 0 amide bonds. The van der Waals surface area contributed by atoms with Crippen LogP contribution in [-0.2, 0) is 35.2 Å². The van der Waals surface area contributed by atoms with E-state index in [9.17, 15) is 24.3 Å². The van der Waals surface area contributed by atoms with Gasteiger partial charge in [-0.15, -0.1) is 0 Å². The van der Waals surface area contributed by atoms with Crippen molar-refractivity contribution in [2.24, 2.45) is 49.8 Å². The summed E-state index contributed by atoms with van der Waals surface area (Å²) >= 11 is 0. The Morgan fingerprint density at radius 3 is 2.36 bits per heavy atom. The number of methoxy groups -OCH3 is 1. The molecule has 0 unspecified atom stereocenters. The number of ketones is 1. The lowest BCUT2D eigenvalue weighted by Crippen LogP contribution is -2.71. The van der Waals surface area contributed by atoms with Gasteiger partial charge in [-0.05, 0) is 107 Å². The quantitative estimate of drug-likeness (QED) is 0.174. The Morgan fingerprint density at radius 2 is 1.72 bits per heavy atom. The van der Waals surface area contributed by atoms with E-state index in [1.54, 1.807) is 13.8 Å². The minimum absolute atomic E-state index is 0.0204. The molecule has 4 saturated carbocycles. The van der Waals surface area contributed by atoms with Gasteiger partial charge in [0, 0.05) is 24.4 Å². The Bertz CT molecular complexity index is 1670.